The summed E-state index contributed by atoms with van der Waals surface area (Å²) >= 11 is 0. The van der Waals surface area contributed by atoms with Crippen LogP contribution in [0.2, 0.25) is 0 Å². The summed E-state index contributed by atoms with van der Waals surface area (Å²) in [6, 6.07) is 6.59. The fourth-order valence-corrected chi connectivity index (χ4v) is 1.70. The molecule has 0 aliphatic heterocycles. The lowest BCUT2D eigenvalue weighted by atomic mass is 10.2. The largest absolute Gasteiger partial charge is 0.477 e. The molecule has 0 radical (unpaired) electrons. The van der Waals surface area contributed by atoms with Gasteiger partial charge in [-0.25, -0.2) is 9.78 Å². The minimum Gasteiger partial charge on any atom is -0.477 e. The summed E-state index contributed by atoms with van der Waals surface area (Å²) in [5.41, 5.74) is -0.0797. The molecule has 1 aromatic carbocycles. The number of nitro benzene ring substituents is 1. The van der Waals surface area contributed by atoms with Crippen LogP contribution in [0.3, 0.4) is 0 Å². The zero-order chi connectivity index (χ0) is 15.4. The van der Waals surface area contributed by atoms with Crippen LogP contribution in [0.4, 0.5) is 15.8 Å². The molecule has 0 atom stereocenters. The second kappa shape index (κ2) is 5.95. The first-order chi connectivity index (χ1) is 9.99. The number of para-hydroxylation sites is 1. The van der Waals surface area contributed by atoms with E-state index in [0.29, 0.717) is 5.56 Å². The maximum Gasteiger partial charge on any atom is 0.354 e. The van der Waals surface area contributed by atoms with Gasteiger partial charge >= 0.3 is 11.7 Å². The fourth-order valence-electron chi connectivity index (χ4n) is 1.70. The van der Waals surface area contributed by atoms with Gasteiger partial charge in [-0.15, -0.1) is 0 Å². The molecule has 1 aromatic heterocycles. The number of aromatic nitrogens is 1. The molecule has 7 nitrogen and oxygen atoms in total. The Labute approximate surface area is 118 Å². The number of carboxylic acids is 1. The lowest BCUT2D eigenvalue weighted by molar-refractivity contribution is -0.386. The van der Waals surface area contributed by atoms with Crippen molar-refractivity contribution in [3.63, 3.8) is 0 Å². The maximum atomic E-state index is 13.4. The first kappa shape index (κ1) is 14.4. The van der Waals surface area contributed by atoms with Crippen LogP contribution in [0.25, 0.3) is 0 Å². The molecule has 2 rings (SSSR count). The van der Waals surface area contributed by atoms with Crippen LogP contribution in [0.15, 0.2) is 36.5 Å². The highest BCUT2D eigenvalue weighted by atomic mass is 19.1. The van der Waals surface area contributed by atoms with Crippen LogP contribution in [-0.4, -0.2) is 21.0 Å². The van der Waals surface area contributed by atoms with E-state index in [0.717, 1.165) is 6.07 Å². The topological polar surface area (TPSA) is 105 Å². The molecule has 2 aromatic rings. The summed E-state index contributed by atoms with van der Waals surface area (Å²) < 4.78 is 13.4. The van der Waals surface area contributed by atoms with Gasteiger partial charge in [0.25, 0.3) is 0 Å². The molecule has 0 saturated carbocycles. The number of rotatable bonds is 5. The quantitative estimate of drug-likeness (QED) is 0.647. The summed E-state index contributed by atoms with van der Waals surface area (Å²) in [5.74, 6) is -2.07. The van der Waals surface area contributed by atoms with Crippen molar-refractivity contribution in [3.8, 4) is 0 Å². The maximum absolute atomic E-state index is 13.4. The number of carbonyl (C=O) groups is 1. The van der Waals surface area contributed by atoms with Gasteiger partial charge in [0.05, 0.1) is 4.92 Å². The number of hydrogen-bond acceptors (Lipinski definition) is 5. The van der Waals surface area contributed by atoms with E-state index in [9.17, 15) is 19.3 Å². The number of benzene rings is 1. The SMILES string of the molecule is O=C(O)c1ccc(CNc2cccc(F)c2[N+](=O)[O-])cn1. The van der Waals surface area contributed by atoms with Crippen LogP contribution in [0.1, 0.15) is 16.1 Å². The number of pyridine rings is 1. The summed E-state index contributed by atoms with van der Waals surface area (Å²) in [4.78, 5) is 24.4. The summed E-state index contributed by atoms with van der Waals surface area (Å²) in [6.45, 7) is 0.150. The Morgan fingerprint density at radius 3 is 2.71 bits per heavy atom. The Morgan fingerprint density at radius 1 is 1.38 bits per heavy atom. The predicted octanol–water partition coefficient (Wildman–Crippen LogP) is 2.44. The number of halogens is 1. The van der Waals surface area contributed by atoms with Crippen LogP contribution < -0.4 is 5.32 Å². The summed E-state index contributed by atoms with van der Waals surface area (Å²) in [7, 11) is 0. The highest BCUT2D eigenvalue weighted by molar-refractivity contribution is 5.85. The van der Waals surface area contributed by atoms with Crippen molar-refractivity contribution in [3.05, 3.63) is 63.7 Å². The highest BCUT2D eigenvalue weighted by Gasteiger charge is 2.19. The Balaban J connectivity index is 2.15. The molecule has 8 heteroatoms. The molecule has 0 spiro atoms. The van der Waals surface area contributed by atoms with Crippen LogP contribution in [-0.2, 0) is 6.54 Å². The number of carboxylic acid groups (broad SMARTS) is 1. The summed E-state index contributed by atoms with van der Waals surface area (Å²) in [6.07, 6.45) is 1.33. The monoisotopic (exact) mass is 291 g/mol. The van der Waals surface area contributed by atoms with Gasteiger partial charge < -0.3 is 10.4 Å². The van der Waals surface area contributed by atoms with E-state index < -0.39 is 22.4 Å². The molecule has 0 fully saturated rings. The van der Waals surface area contributed by atoms with Crippen LogP contribution in [0.5, 0.6) is 0 Å². The molecule has 2 N–H and O–H groups in total. The molecule has 0 bridgehead atoms. The number of hydrogen-bond donors (Lipinski definition) is 2. The standard InChI is InChI=1S/C13H10FN3O4/c14-9-2-1-3-10(12(9)17(20)21)15-6-8-4-5-11(13(18)19)16-7-8/h1-5,7,15H,6H2,(H,18,19). The van der Waals surface area contributed by atoms with E-state index in [4.69, 9.17) is 5.11 Å². The molecule has 0 saturated heterocycles. The third-order valence-electron chi connectivity index (χ3n) is 2.70. The van der Waals surface area contributed by atoms with Gasteiger partial charge in [0, 0.05) is 12.7 Å². The van der Waals surface area contributed by atoms with Gasteiger partial charge in [0.15, 0.2) is 0 Å². The van der Waals surface area contributed by atoms with Gasteiger partial charge in [-0.3, -0.25) is 10.1 Å². The van der Waals surface area contributed by atoms with Crippen molar-refractivity contribution < 1.29 is 19.2 Å². The predicted molar refractivity (Wildman–Crippen MR) is 71.6 cm³/mol. The average molecular weight is 291 g/mol. The minimum absolute atomic E-state index is 0.0438. The first-order valence-corrected chi connectivity index (χ1v) is 5.84. The zero-order valence-corrected chi connectivity index (χ0v) is 10.6. The first-order valence-electron chi connectivity index (χ1n) is 5.84. The number of nitrogens with one attached hydrogen (secondary N) is 1. The van der Waals surface area contributed by atoms with Gasteiger partial charge in [-0.05, 0) is 23.8 Å². The van der Waals surface area contributed by atoms with Crippen molar-refractivity contribution in [2.75, 3.05) is 5.32 Å². The van der Waals surface area contributed by atoms with Gasteiger partial charge in [-0.2, -0.15) is 4.39 Å². The fraction of sp³-hybridized carbons (Fsp3) is 0.0769. The van der Waals surface area contributed by atoms with Crippen LogP contribution >= 0.6 is 0 Å². The number of anilines is 1. The molecule has 0 amide bonds. The van der Waals surface area contributed by atoms with Gasteiger partial charge in [0.2, 0.25) is 5.82 Å². The minimum atomic E-state index is -1.14. The van der Waals surface area contributed by atoms with Crippen LogP contribution in [0, 0.1) is 15.9 Å². The van der Waals surface area contributed by atoms with Crippen molar-refractivity contribution in [2.24, 2.45) is 0 Å². The van der Waals surface area contributed by atoms with Gasteiger partial charge in [-0.1, -0.05) is 12.1 Å². The van der Waals surface area contributed by atoms with Gasteiger partial charge in [0.1, 0.15) is 11.4 Å². The Morgan fingerprint density at radius 2 is 2.14 bits per heavy atom. The number of nitrogens with zero attached hydrogens (tertiary/aromatic N) is 2. The molecule has 0 aliphatic carbocycles. The van der Waals surface area contributed by atoms with E-state index in [-0.39, 0.29) is 17.9 Å². The number of nitro groups is 1. The second-order valence-corrected chi connectivity index (χ2v) is 4.10. The van der Waals surface area contributed by atoms with E-state index in [1.807, 2.05) is 0 Å². The normalized spacial score (nSPS) is 10.1. The van der Waals surface area contributed by atoms with Crippen molar-refractivity contribution in [1.29, 1.82) is 0 Å². The number of aromatic carboxylic acids is 1. The average Bonchev–Trinajstić information content (AvgIpc) is 2.45. The smallest absolute Gasteiger partial charge is 0.354 e. The van der Waals surface area contributed by atoms with Crippen molar-refractivity contribution in [2.45, 2.75) is 6.54 Å². The lowest BCUT2D eigenvalue weighted by Crippen LogP contribution is -2.05. The van der Waals surface area contributed by atoms with Crippen molar-refractivity contribution in [1.82, 2.24) is 4.98 Å². The Bertz CT molecular complexity index is 688. The highest BCUT2D eigenvalue weighted by Crippen LogP contribution is 2.27. The second-order valence-electron chi connectivity index (χ2n) is 4.10. The molecular formula is C13H10FN3O4. The molecule has 0 aliphatic rings. The van der Waals surface area contributed by atoms with E-state index in [1.54, 1.807) is 0 Å². The summed E-state index contributed by atoms with van der Waals surface area (Å²) in [5, 5.41) is 22.3. The third-order valence-corrected chi connectivity index (χ3v) is 2.70. The molecule has 1 heterocycles. The Kier molecular flexibility index (Phi) is 4.07. The zero-order valence-electron chi connectivity index (χ0n) is 10.6. The molecular weight excluding hydrogens is 281 g/mol. The van der Waals surface area contributed by atoms with E-state index >= 15 is 0 Å². The van der Waals surface area contributed by atoms with Crippen molar-refractivity contribution >= 4 is 17.3 Å². The third kappa shape index (κ3) is 3.30. The van der Waals surface area contributed by atoms with E-state index in [2.05, 4.69) is 10.3 Å². The molecule has 0 unspecified atom stereocenters. The molecule has 108 valence electrons. The Hall–Kier alpha value is -3.03. The lowest BCUT2D eigenvalue weighted by Gasteiger charge is -2.07. The molecule has 21 heavy (non-hydrogen) atoms. The van der Waals surface area contributed by atoms with E-state index in [1.165, 1.54) is 30.5 Å².